The number of rotatable bonds is 3. The number of unbranched alkanes of at least 4 members (excludes halogenated alkanes) is 1. The molecule has 0 aliphatic carbocycles. The molecule has 0 heterocycles. The van der Waals surface area contributed by atoms with Crippen LogP contribution < -0.4 is 0 Å². The van der Waals surface area contributed by atoms with Gasteiger partial charge in [0.05, 0.1) is 7.11 Å². The number of carbonyl (C=O) groups excluding carboxylic acids is 1. The van der Waals surface area contributed by atoms with Crippen LogP contribution in [0, 0.1) is 0 Å². The van der Waals surface area contributed by atoms with Gasteiger partial charge in [-0.15, -0.1) is 0 Å². The lowest BCUT2D eigenvalue weighted by Gasteiger charge is -1.96. The molecule has 58 valence electrons. The van der Waals surface area contributed by atoms with Gasteiger partial charge in [0.1, 0.15) is 0 Å². The third-order valence-electron chi connectivity index (χ3n) is 1.25. The Morgan fingerprint density at radius 2 is 2.20 bits per heavy atom. The normalized spacial score (nSPS) is 11.3. The van der Waals surface area contributed by atoms with Crippen molar-refractivity contribution in [2.75, 3.05) is 7.11 Å². The zero-order valence-corrected chi connectivity index (χ0v) is 6.81. The van der Waals surface area contributed by atoms with Crippen molar-refractivity contribution < 1.29 is 9.53 Å². The van der Waals surface area contributed by atoms with Gasteiger partial charge in [0.25, 0.3) is 0 Å². The highest BCUT2D eigenvalue weighted by atomic mass is 16.5. The second kappa shape index (κ2) is 5.03. The summed E-state index contributed by atoms with van der Waals surface area (Å²) in [6.07, 6.45) is 3.90. The van der Waals surface area contributed by atoms with Gasteiger partial charge in [-0.05, 0) is 13.3 Å². The highest BCUT2D eigenvalue weighted by Crippen LogP contribution is 1.99. The first kappa shape index (κ1) is 9.21. The van der Waals surface area contributed by atoms with Crippen molar-refractivity contribution in [2.24, 2.45) is 0 Å². The highest BCUT2D eigenvalue weighted by molar-refractivity contribution is 5.87. The Kier molecular flexibility index (Phi) is 4.63. The molecule has 0 atom stereocenters. The Labute approximate surface area is 61.9 Å². The van der Waals surface area contributed by atoms with Crippen LogP contribution in [-0.4, -0.2) is 13.1 Å². The van der Waals surface area contributed by atoms with Gasteiger partial charge < -0.3 is 4.74 Å². The van der Waals surface area contributed by atoms with E-state index in [4.69, 9.17) is 0 Å². The molecule has 2 heteroatoms. The van der Waals surface area contributed by atoms with E-state index in [0.717, 1.165) is 12.8 Å². The van der Waals surface area contributed by atoms with Crippen LogP contribution in [0.4, 0.5) is 0 Å². The molecule has 0 rings (SSSR count). The first-order valence-corrected chi connectivity index (χ1v) is 3.47. The van der Waals surface area contributed by atoms with Gasteiger partial charge in [0.2, 0.25) is 0 Å². The van der Waals surface area contributed by atoms with E-state index >= 15 is 0 Å². The topological polar surface area (TPSA) is 26.3 Å². The van der Waals surface area contributed by atoms with E-state index in [1.807, 2.05) is 6.08 Å². The zero-order valence-electron chi connectivity index (χ0n) is 6.81. The second-order valence-electron chi connectivity index (χ2n) is 2.17. The summed E-state index contributed by atoms with van der Waals surface area (Å²) < 4.78 is 4.50. The standard InChI is InChI=1S/C8H14O2/c1-4-5-6-7(2)8(9)10-3/h6H,4-5H2,1-3H3. The number of methoxy groups -OCH3 is 1. The lowest BCUT2D eigenvalue weighted by molar-refractivity contribution is -0.136. The molecular weight excluding hydrogens is 128 g/mol. The fourth-order valence-electron chi connectivity index (χ4n) is 0.605. The van der Waals surface area contributed by atoms with E-state index in [-0.39, 0.29) is 5.97 Å². The quantitative estimate of drug-likeness (QED) is 0.444. The second-order valence-corrected chi connectivity index (χ2v) is 2.17. The molecular formula is C8H14O2. The molecule has 0 aromatic heterocycles. The molecule has 0 N–H and O–H groups in total. The predicted octanol–water partition coefficient (Wildman–Crippen LogP) is 1.91. The number of ether oxygens (including phenoxy) is 1. The van der Waals surface area contributed by atoms with Crippen molar-refractivity contribution in [1.82, 2.24) is 0 Å². The monoisotopic (exact) mass is 142 g/mol. The lowest BCUT2D eigenvalue weighted by Crippen LogP contribution is -2.00. The Hall–Kier alpha value is -0.790. The van der Waals surface area contributed by atoms with Crippen molar-refractivity contribution in [1.29, 1.82) is 0 Å². The molecule has 0 unspecified atom stereocenters. The van der Waals surface area contributed by atoms with Gasteiger partial charge >= 0.3 is 5.97 Å². The summed E-state index contributed by atoms with van der Waals surface area (Å²) in [7, 11) is 1.39. The Morgan fingerprint density at radius 3 is 2.60 bits per heavy atom. The molecule has 0 saturated heterocycles. The minimum absolute atomic E-state index is 0.228. The minimum Gasteiger partial charge on any atom is -0.466 e. The summed E-state index contributed by atoms with van der Waals surface area (Å²) in [5, 5.41) is 0. The van der Waals surface area contributed by atoms with E-state index in [1.54, 1.807) is 6.92 Å². The number of carbonyl (C=O) groups is 1. The number of hydrogen-bond acceptors (Lipinski definition) is 2. The average molecular weight is 142 g/mol. The average Bonchev–Trinajstić information content (AvgIpc) is 1.98. The van der Waals surface area contributed by atoms with Crippen LogP contribution in [0.15, 0.2) is 11.6 Å². The maximum Gasteiger partial charge on any atom is 0.333 e. The first-order valence-electron chi connectivity index (χ1n) is 3.47. The third-order valence-corrected chi connectivity index (χ3v) is 1.25. The molecule has 0 aliphatic heterocycles. The molecule has 0 aromatic carbocycles. The number of allylic oxidation sites excluding steroid dienone is 1. The molecule has 0 aromatic rings. The minimum atomic E-state index is -0.228. The van der Waals surface area contributed by atoms with Crippen LogP contribution in [-0.2, 0) is 9.53 Å². The van der Waals surface area contributed by atoms with Crippen LogP contribution in [0.2, 0.25) is 0 Å². The molecule has 0 amide bonds. The molecule has 0 bridgehead atoms. The summed E-state index contributed by atoms with van der Waals surface area (Å²) in [4.78, 5) is 10.7. The number of hydrogen-bond donors (Lipinski definition) is 0. The third kappa shape index (κ3) is 3.28. The fraction of sp³-hybridized carbons (Fsp3) is 0.625. The maximum atomic E-state index is 10.7. The van der Waals surface area contributed by atoms with Gasteiger partial charge in [0.15, 0.2) is 0 Å². The van der Waals surface area contributed by atoms with Crippen LogP contribution >= 0.6 is 0 Å². The fourth-order valence-corrected chi connectivity index (χ4v) is 0.605. The van der Waals surface area contributed by atoms with Gasteiger partial charge in [0, 0.05) is 5.57 Å². The summed E-state index contributed by atoms with van der Waals surface area (Å²) in [6, 6.07) is 0. The van der Waals surface area contributed by atoms with Crippen molar-refractivity contribution in [3.63, 3.8) is 0 Å². The molecule has 0 aliphatic rings. The van der Waals surface area contributed by atoms with Gasteiger partial charge in [-0.25, -0.2) is 4.79 Å². The smallest absolute Gasteiger partial charge is 0.333 e. The Balaban J connectivity index is 3.80. The SMILES string of the molecule is CCCC=C(C)C(=O)OC. The molecule has 0 fully saturated rings. The lowest BCUT2D eigenvalue weighted by atomic mass is 10.2. The van der Waals surface area contributed by atoms with Gasteiger partial charge in [-0.2, -0.15) is 0 Å². The van der Waals surface area contributed by atoms with E-state index in [2.05, 4.69) is 11.7 Å². The van der Waals surface area contributed by atoms with Crippen LogP contribution in [0.5, 0.6) is 0 Å². The van der Waals surface area contributed by atoms with Crippen LogP contribution in [0.3, 0.4) is 0 Å². The summed E-state index contributed by atoms with van der Waals surface area (Å²) in [6.45, 7) is 3.84. The van der Waals surface area contributed by atoms with Gasteiger partial charge in [-0.3, -0.25) is 0 Å². The van der Waals surface area contributed by atoms with Crippen LogP contribution in [0.25, 0.3) is 0 Å². The zero-order chi connectivity index (χ0) is 7.98. The molecule has 0 radical (unpaired) electrons. The van der Waals surface area contributed by atoms with Crippen molar-refractivity contribution in [3.05, 3.63) is 11.6 Å². The molecule has 2 nitrogen and oxygen atoms in total. The maximum absolute atomic E-state index is 10.7. The van der Waals surface area contributed by atoms with Crippen molar-refractivity contribution in [3.8, 4) is 0 Å². The largest absolute Gasteiger partial charge is 0.466 e. The van der Waals surface area contributed by atoms with Gasteiger partial charge in [-0.1, -0.05) is 19.4 Å². The predicted molar refractivity (Wildman–Crippen MR) is 40.7 cm³/mol. The van der Waals surface area contributed by atoms with E-state index in [1.165, 1.54) is 7.11 Å². The first-order chi connectivity index (χ1) is 4.72. The Morgan fingerprint density at radius 1 is 1.60 bits per heavy atom. The van der Waals surface area contributed by atoms with E-state index < -0.39 is 0 Å². The Bertz CT molecular complexity index is 136. The molecule has 0 saturated carbocycles. The summed E-state index contributed by atoms with van der Waals surface area (Å²) in [5.41, 5.74) is 0.698. The molecule has 10 heavy (non-hydrogen) atoms. The van der Waals surface area contributed by atoms with E-state index in [9.17, 15) is 4.79 Å². The van der Waals surface area contributed by atoms with E-state index in [0.29, 0.717) is 5.57 Å². The van der Waals surface area contributed by atoms with Crippen molar-refractivity contribution >= 4 is 5.97 Å². The molecule has 0 spiro atoms. The highest BCUT2D eigenvalue weighted by Gasteiger charge is 1.99. The number of esters is 1. The summed E-state index contributed by atoms with van der Waals surface area (Å²) >= 11 is 0. The summed E-state index contributed by atoms with van der Waals surface area (Å²) in [5.74, 6) is -0.228. The van der Waals surface area contributed by atoms with Crippen LogP contribution in [0.1, 0.15) is 26.7 Å². The van der Waals surface area contributed by atoms with Crippen molar-refractivity contribution in [2.45, 2.75) is 26.7 Å².